The first-order valence-corrected chi connectivity index (χ1v) is 11.5. The molecule has 1 aliphatic rings. The predicted molar refractivity (Wildman–Crippen MR) is 130 cm³/mol. The van der Waals surface area contributed by atoms with Crippen molar-refractivity contribution in [3.63, 3.8) is 0 Å². The fourth-order valence-electron chi connectivity index (χ4n) is 4.12. The third-order valence-electron chi connectivity index (χ3n) is 5.95. The number of aryl methyl sites for hydroxylation is 1. The van der Waals surface area contributed by atoms with Crippen molar-refractivity contribution in [3.05, 3.63) is 60.0 Å². The molecule has 0 spiro atoms. The number of aliphatic imine (C=N–C) groups is 1. The lowest BCUT2D eigenvalue weighted by molar-refractivity contribution is 0.253. The minimum absolute atomic E-state index is 0.579. The number of anilines is 1. The molecular weight excluding hydrogens is 400 g/mol. The number of guanidine groups is 1. The van der Waals surface area contributed by atoms with Crippen molar-refractivity contribution in [1.82, 2.24) is 30.1 Å². The number of aromatic nitrogens is 3. The Labute approximate surface area is 190 Å². The molecule has 0 unspecified atom stereocenters. The summed E-state index contributed by atoms with van der Waals surface area (Å²) in [7, 11) is 1.80. The number of nitrogens with one attached hydrogen (secondary N) is 2. The Kier molecular flexibility index (Phi) is 7.55. The molecule has 3 aromatic rings. The average Bonchev–Trinajstić information content (AvgIpc) is 3.24. The Balaban J connectivity index is 1.11. The average molecular weight is 435 g/mol. The lowest BCUT2D eigenvalue weighted by Gasteiger charge is -2.36. The van der Waals surface area contributed by atoms with E-state index < -0.39 is 0 Å². The van der Waals surface area contributed by atoms with Crippen LogP contribution in [0.5, 0.6) is 0 Å². The summed E-state index contributed by atoms with van der Waals surface area (Å²) in [4.78, 5) is 9.40. The third-order valence-corrected chi connectivity index (χ3v) is 5.95. The molecule has 2 N–H and O–H groups in total. The highest BCUT2D eigenvalue weighted by atomic mass is 15.3. The van der Waals surface area contributed by atoms with E-state index in [-0.39, 0.29) is 0 Å². The normalized spacial score (nSPS) is 15.3. The second-order valence-corrected chi connectivity index (χ2v) is 8.27. The Morgan fingerprint density at radius 2 is 1.88 bits per heavy atom. The molecule has 0 saturated carbocycles. The number of hydrogen-bond donors (Lipinski definition) is 2. The van der Waals surface area contributed by atoms with Crippen LogP contribution in [0.1, 0.15) is 24.2 Å². The van der Waals surface area contributed by atoms with Crippen LogP contribution in [0, 0.1) is 6.92 Å². The van der Waals surface area contributed by atoms with E-state index >= 15 is 0 Å². The summed E-state index contributed by atoms with van der Waals surface area (Å²) in [5.41, 5.74) is 3.54. The van der Waals surface area contributed by atoms with Crippen molar-refractivity contribution in [2.45, 2.75) is 26.3 Å². The second-order valence-electron chi connectivity index (χ2n) is 8.27. The molecule has 1 aliphatic heterocycles. The summed E-state index contributed by atoms with van der Waals surface area (Å²) in [5.74, 6) is 1.66. The van der Waals surface area contributed by atoms with Gasteiger partial charge in [0.05, 0.1) is 6.54 Å². The van der Waals surface area contributed by atoms with Gasteiger partial charge in [-0.25, -0.2) is 0 Å². The number of fused-ring (bicyclic) bond motifs is 1. The fraction of sp³-hybridized carbons (Fsp3) is 0.458. The number of pyridine rings is 1. The first-order valence-electron chi connectivity index (χ1n) is 11.5. The number of hydrogen-bond acceptors (Lipinski definition) is 5. The van der Waals surface area contributed by atoms with Gasteiger partial charge in [0.1, 0.15) is 0 Å². The van der Waals surface area contributed by atoms with E-state index in [1.165, 1.54) is 17.7 Å². The first kappa shape index (κ1) is 22.1. The van der Waals surface area contributed by atoms with Crippen molar-refractivity contribution in [3.8, 4) is 0 Å². The highest BCUT2D eigenvalue weighted by Gasteiger charge is 2.16. The van der Waals surface area contributed by atoms with Gasteiger partial charge in [-0.2, -0.15) is 0 Å². The predicted octanol–water partition coefficient (Wildman–Crippen LogP) is 2.31. The van der Waals surface area contributed by atoms with E-state index in [9.17, 15) is 0 Å². The van der Waals surface area contributed by atoms with Crippen LogP contribution in [-0.2, 0) is 6.54 Å². The number of nitrogens with zero attached hydrogens (tertiary/aromatic N) is 6. The first-order chi connectivity index (χ1) is 15.7. The molecule has 1 fully saturated rings. The molecule has 8 nitrogen and oxygen atoms in total. The van der Waals surface area contributed by atoms with Crippen molar-refractivity contribution in [2.75, 3.05) is 51.2 Å². The van der Waals surface area contributed by atoms with Gasteiger partial charge >= 0.3 is 0 Å². The largest absolute Gasteiger partial charge is 0.369 e. The molecule has 2 aromatic heterocycles. The molecule has 3 heterocycles. The van der Waals surface area contributed by atoms with Gasteiger partial charge in [0.25, 0.3) is 0 Å². The Bertz CT molecular complexity index is 1020. The number of rotatable bonds is 8. The highest BCUT2D eigenvalue weighted by molar-refractivity contribution is 5.79. The van der Waals surface area contributed by atoms with Crippen molar-refractivity contribution in [1.29, 1.82) is 0 Å². The third kappa shape index (κ3) is 5.76. The molecule has 4 rings (SSSR count). The van der Waals surface area contributed by atoms with E-state index in [1.807, 2.05) is 28.8 Å². The van der Waals surface area contributed by atoms with Crippen LogP contribution < -0.4 is 15.5 Å². The smallest absolute Gasteiger partial charge is 0.191 e. The van der Waals surface area contributed by atoms with Crippen LogP contribution in [-0.4, -0.2) is 71.8 Å². The quantitative estimate of drug-likeness (QED) is 0.322. The van der Waals surface area contributed by atoms with Gasteiger partial charge in [-0.05, 0) is 56.1 Å². The summed E-state index contributed by atoms with van der Waals surface area (Å²) < 4.78 is 1.99. The zero-order valence-corrected chi connectivity index (χ0v) is 19.2. The van der Waals surface area contributed by atoms with Crippen LogP contribution in [0.25, 0.3) is 5.65 Å². The second kappa shape index (κ2) is 10.9. The molecule has 0 aliphatic carbocycles. The van der Waals surface area contributed by atoms with E-state index in [0.29, 0.717) is 6.54 Å². The maximum absolute atomic E-state index is 4.32. The topological polar surface area (TPSA) is 73.1 Å². The summed E-state index contributed by atoms with van der Waals surface area (Å²) in [6.45, 7) is 9.29. The molecule has 1 aromatic carbocycles. The van der Waals surface area contributed by atoms with Crippen LogP contribution in [0.15, 0.2) is 53.7 Å². The molecule has 32 heavy (non-hydrogen) atoms. The van der Waals surface area contributed by atoms with Crippen LogP contribution in [0.3, 0.4) is 0 Å². The molecule has 0 atom stereocenters. The molecule has 0 bridgehead atoms. The molecule has 170 valence electrons. The van der Waals surface area contributed by atoms with Gasteiger partial charge in [-0.1, -0.05) is 18.2 Å². The lowest BCUT2D eigenvalue weighted by atomic mass is 10.2. The molecule has 0 radical (unpaired) electrons. The minimum atomic E-state index is 0.579. The summed E-state index contributed by atoms with van der Waals surface area (Å²) >= 11 is 0. The van der Waals surface area contributed by atoms with Crippen LogP contribution in [0.4, 0.5) is 5.69 Å². The van der Waals surface area contributed by atoms with Crippen LogP contribution in [0.2, 0.25) is 0 Å². The molecule has 0 amide bonds. The molecular formula is C24H34N8. The zero-order valence-electron chi connectivity index (χ0n) is 19.2. The van der Waals surface area contributed by atoms with E-state index in [0.717, 1.165) is 63.1 Å². The SMILES string of the molecule is CN=C(NCCCCN1CCN(c2cccc(C)c2)CC1)NCc1nnc2ccccn12. The Morgan fingerprint density at radius 1 is 1.00 bits per heavy atom. The Morgan fingerprint density at radius 3 is 2.69 bits per heavy atom. The standard InChI is InChI=1S/C24H34N8/c1-20-8-7-9-21(18-20)31-16-14-30(15-17-31)12-6-4-11-26-24(25-2)27-19-23-29-28-22-10-3-5-13-32(22)23/h3,5,7-10,13,18H,4,6,11-12,14-17,19H2,1-2H3,(H2,25,26,27). The van der Waals surface area contributed by atoms with Crippen molar-refractivity contribution >= 4 is 17.3 Å². The zero-order chi connectivity index (χ0) is 22.2. The molecule has 8 heteroatoms. The lowest BCUT2D eigenvalue weighted by Crippen LogP contribution is -2.46. The summed E-state index contributed by atoms with van der Waals surface area (Å²) in [6.07, 6.45) is 4.28. The number of benzene rings is 1. The van der Waals surface area contributed by atoms with Crippen LogP contribution >= 0.6 is 0 Å². The van der Waals surface area contributed by atoms with Crippen molar-refractivity contribution in [2.24, 2.45) is 4.99 Å². The minimum Gasteiger partial charge on any atom is -0.369 e. The highest BCUT2D eigenvalue weighted by Crippen LogP contribution is 2.17. The van der Waals surface area contributed by atoms with Gasteiger partial charge in [0.2, 0.25) is 0 Å². The monoisotopic (exact) mass is 434 g/mol. The van der Waals surface area contributed by atoms with E-state index in [2.05, 4.69) is 66.8 Å². The van der Waals surface area contributed by atoms with Gasteiger partial charge < -0.3 is 15.5 Å². The van der Waals surface area contributed by atoms with Gasteiger partial charge in [0, 0.05) is 51.7 Å². The fourth-order valence-corrected chi connectivity index (χ4v) is 4.12. The summed E-state index contributed by atoms with van der Waals surface area (Å²) in [6, 6.07) is 14.7. The van der Waals surface area contributed by atoms with E-state index in [1.54, 1.807) is 7.05 Å². The summed E-state index contributed by atoms with van der Waals surface area (Å²) in [5, 5.41) is 15.2. The maximum atomic E-state index is 4.32. The van der Waals surface area contributed by atoms with Gasteiger partial charge in [-0.3, -0.25) is 14.3 Å². The van der Waals surface area contributed by atoms with Gasteiger partial charge in [-0.15, -0.1) is 10.2 Å². The number of unbranched alkanes of at least 4 members (excludes halogenated alkanes) is 1. The van der Waals surface area contributed by atoms with Gasteiger partial charge in [0.15, 0.2) is 17.4 Å². The molecule has 1 saturated heterocycles. The van der Waals surface area contributed by atoms with Crippen molar-refractivity contribution < 1.29 is 0 Å². The maximum Gasteiger partial charge on any atom is 0.191 e. The van der Waals surface area contributed by atoms with E-state index in [4.69, 9.17) is 0 Å². The Hall–Kier alpha value is -3.13. The number of piperazine rings is 1.